The average molecular weight is 349 g/mol. The van der Waals surface area contributed by atoms with Gasteiger partial charge in [-0.2, -0.15) is 15.2 Å². The van der Waals surface area contributed by atoms with Crippen molar-refractivity contribution in [2.75, 3.05) is 17.6 Å². The largest absolute Gasteiger partial charge is 0.398 e. The number of nitrogens with zero attached hydrogens (tertiary/aromatic N) is 6. The molecule has 5 N–H and O–H groups in total. The van der Waals surface area contributed by atoms with E-state index in [0.29, 0.717) is 25.6 Å². The molecule has 3 aromatic heterocycles. The van der Waals surface area contributed by atoms with Crippen LogP contribution in [0.2, 0.25) is 0 Å². The van der Waals surface area contributed by atoms with E-state index in [1.165, 1.54) is 0 Å². The van der Waals surface area contributed by atoms with Crippen molar-refractivity contribution in [3.8, 4) is 0 Å². The summed E-state index contributed by atoms with van der Waals surface area (Å²) in [4.78, 5) is 8.92. The number of benzene rings is 1. The minimum atomic E-state index is 0.479. The zero-order chi connectivity index (χ0) is 17.9. The number of hydrogen-bond donors (Lipinski definition) is 3. The van der Waals surface area contributed by atoms with Gasteiger partial charge in [0.2, 0.25) is 5.95 Å². The molecule has 0 aliphatic rings. The van der Waals surface area contributed by atoms with Gasteiger partial charge in [-0.3, -0.25) is 4.68 Å². The number of anilines is 3. The van der Waals surface area contributed by atoms with Crippen LogP contribution in [0.3, 0.4) is 0 Å². The Hall–Kier alpha value is -3.46. The van der Waals surface area contributed by atoms with Crippen molar-refractivity contribution in [1.29, 1.82) is 0 Å². The number of nitrogens with one attached hydrogen (secondary N) is 1. The fourth-order valence-electron chi connectivity index (χ4n) is 2.69. The summed E-state index contributed by atoms with van der Waals surface area (Å²) in [5, 5.41) is 12.7. The van der Waals surface area contributed by atoms with Gasteiger partial charge in [0.15, 0.2) is 5.65 Å². The van der Waals surface area contributed by atoms with Gasteiger partial charge < -0.3 is 16.8 Å². The van der Waals surface area contributed by atoms with Gasteiger partial charge in [0.1, 0.15) is 0 Å². The summed E-state index contributed by atoms with van der Waals surface area (Å²) < 4.78 is 3.58. The lowest BCUT2D eigenvalue weighted by atomic mass is 10.2. The molecule has 4 aromatic rings. The molecule has 132 valence electrons. The maximum atomic E-state index is 6.04. The van der Waals surface area contributed by atoms with Gasteiger partial charge in [-0.25, -0.2) is 9.67 Å². The Morgan fingerprint density at radius 2 is 1.96 bits per heavy atom. The summed E-state index contributed by atoms with van der Waals surface area (Å²) in [7, 11) is 0. The number of fused-ring (bicyclic) bond motifs is 1. The van der Waals surface area contributed by atoms with Crippen LogP contribution in [0.5, 0.6) is 0 Å². The van der Waals surface area contributed by atoms with Crippen molar-refractivity contribution in [2.45, 2.75) is 13.1 Å². The number of hydrogen-bond acceptors (Lipinski definition) is 7. The van der Waals surface area contributed by atoms with Crippen LogP contribution >= 0.6 is 0 Å². The van der Waals surface area contributed by atoms with Gasteiger partial charge in [-0.15, -0.1) is 0 Å². The molecule has 0 fully saturated rings. The maximum absolute atomic E-state index is 6.04. The van der Waals surface area contributed by atoms with Gasteiger partial charge in [0, 0.05) is 24.6 Å². The molecule has 3 heterocycles. The molecule has 26 heavy (non-hydrogen) atoms. The molecule has 0 amide bonds. The molecular weight excluding hydrogens is 330 g/mol. The first-order valence-corrected chi connectivity index (χ1v) is 8.24. The van der Waals surface area contributed by atoms with E-state index in [1.54, 1.807) is 23.3 Å². The van der Waals surface area contributed by atoms with Gasteiger partial charge in [-0.05, 0) is 11.6 Å². The molecule has 4 rings (SSSR count). The molecular formula is C17H19N9. The van der Waals surface area contributed by atoms with Crippen LogP contribution in [0, 0.1) is 0 Å². The van der Waals surface area contributed by atoms with E-state index in [4.69, 9.17) is 11.5 Å². The standard InChI is InChI=1S/C17H19N9/c18-5-6-25-11-14(9-21-25)23-17-20-7-13-8-22-26(16(13)24-17)10-12-3-1-2-4-15(12)19/h1-4,7-9,11H,5-6,10,18-19H2,(H,20,23,24). The topological polar surface area (TPSA) is 125 Å². The second kappa shape index (κ2) is 6.81. The fourth-order valence-corrected chi connectivity index (χ4v) is 2.69. The van der Waals surface area contributed by atoms with E-state index in [-0.39, 0.29) is 0 Å². The summed E-state index contributed by atoms with van der Waals surface area (Å²) in [5.41, 5.74) is 14.8. The van der Waals surface area contributed by atoms with Crippen molar-refractivity contribution in [2.24, 2.45) is 5.73 Å². The predicted molar refractivity (Wildman–Crippen MR) is 99.8 cm³/mol. The van der Waals surface area contributed by atoms with Gasteiger partial charge in [0.05, 0.1) is 36.6 Å². The summed E-state index contributed by atoms with van der Waals surface area (Å²) in [6, 6.07) is 7.73. The highest BCUT2D eigenvalue weighted by Crippen LogP contribution is 2.18. The highest BCUT2D eigenvalue weighted by atomic mass is 15.3. The molecule has 0 aliphatic heterocycles. The van der Waals surface area contributed by atoms with Crippen molar-refractivity contribution in [3.05, 3.63) is 54.6 Å². The van der Waals surface area contributed by atoms with Crippen LogP contribution in [-0.2, 0) is 13.1 Å². The zero-order valence-electron chi connectivity index (χ0n) is 14.1. The monoisotopic (exact) mass is 349 g/mol. The predicted octanol–water partition coefficient (Wildman–Crippen LogP) is 1.36. The highest BCUT2D eigenvalue weighted by Gasteiger charge is 2.09. The van der Waals surface area contributed by atoms with Crippen LogP contribution in [0.25, 0.3) is 11.0 Å². The van der Waals surface area contributed by atoms with Gasteiger partial charge >= 0.3 is 0 Å². The SMILES string of the molecule is NCCn1cc(Nc2ncc3cnn(Cc4ccccc4N)c3n2)cn1. The van der Waals surface area contributed by atoms with Gasteiger partial charge in [0.25, 0.3) is 0 Å². The first kappa shape index (κ1) is 16.0. The van der Waals surface area contributed by atoms with Crippen LogP contribution in [-0.4, -0.2) is 36.1 Å². The second-order valence-corrected chi connectivity index (χ2v) is 5.88. The minimum absolute atomic E-state index is 0.479. The molecule has 0 spiro atoms. The Morgan fingerprint density at radius 1 is 1.08 bits per heavy atom. The summed E-state index contributed by atoms with van der Waals surface area (Å²) in [5.74, 6) is 0.479. The average Bonchev–Trinajstić information content (AvgIpc) is 3.24. The Kier molecular flexibility index (Phi) is 4.20. The Balaban J connectivity index is 1.60. The number of para-hydroxylation sites is 1. The van der Waals surface area contributed by atoms with E-state index in [1.807, 2.05) is 35.1 Å². The van der Waals surface area contributed by atoms with E-state index in [2.05, 4.69) is 25.5 Å². The summed E-state index contributed by atoms with van der Waals surface area (Å²) in [6.45, 7) is 1.74. The third kappa shape index (κ3) is 3.20. The normalized spacial score (nSPS) is 11.1. The lowest BCUT2D eigenvalue weighted by Crippen LogP contribution is -2.09. The smallest absolute Gasteiger partial charge is 0.229 e. The molecule has 0 bridgehead atoms. The molecule has 0 radical (unpaired) electrons. The zero-order valence-corrected chi connectivity index (χ0v) is 14.1. The minimum Gasteiger partial charge on any atom is -0.398 e. The van der Waals surface area contributed by atoms with Crippen LogP contribution in [0.4, 0.5) is 17.3 Å². The molecule has 0 aliphatic carbocycles. The van der Waals surface area contributed by atoms with Crippen LogP contribution in [0.15, 0.2) is 49.1 Å². The van der Waals surface area contributed by atoms with E-state index < -0.39 is 0 Å². The number of aromatic nitrogens is 6. The Bertz CT molecular complexity index is 1030. The number of rotatable bonds is 6. The van der Waals surface area contributed by atoms with Crippen molar-refractivity contribution < 1.29 is 0 Å². The summed E-state index contributed by atoms with van der Waals surface area (Å²) >= 11 is 0. The van der Waals surface area contributed by atoms with E-state index in [0.717, 1.165) is 28.0 Å². The van der Waals surface area contributed by atoms with Gasteiger partial charge in [-0.1, -0.05) is 18.2 Å². The molecule has 0 unspecified atom stereocenters. The maximum Gasteiger partial charge on any atom is 0.229 e. The molecule has 0 atom stereocenters. The van der Waals surface area contributed by atoms with Crippen LogP contribution < -0.4 is 16.8 Å². The second-order valence-electron chi connectivity index (χ2n) is 5.88. The van der Waals surface area contributed by atoms with E-state index >= 15 is 0 Å². The number of nitrogens with two attached hydrogens (primary N) is 2. The highest BCUT2D eigenvalue weighted by molar-refractivity contribution is 5.75. The van der Waals surface area contributed by atoms with E-state index in [9.17, 15) is 0 Å². The molecule has 9 nitrogen and oxygen atoms in total. The van der Waals surface area contributed by atoms with Crippen molar-refractivity contribution in [3.63, 3.8) is 0 Å². The first-order valence-electron chi connectivity index (χ1n) is 8.24. The van der Waals surface area contributed by atoms with Crippen molar-refractivity contribution in [1.82, 2.24) is 29.5 Å². The number of nitrogen functional groups attached to an aromatic ring is 1. The third-order valence-electron chi connectivity index (χ3n) is 4.00. The summed E-state index contributed by atoms with van der Waals surface area (Å²) in [6.07, 6.45) is 7.07. The first-order chi connectivity index (χ1) is 12.7. The fraction of sp³-hybridized carbons (Fsp3) is 0.176. The lowest BCUT2D eigenvalue weighted by molar-refractivity contribution is 0.625. The molecule has 1 aromatic carbocycles. The lowest BCUT2D eigenvalue weighted by Gasteiger charge is -2.07. The third-order valence-corrected chi connectivity index (χ3v) is 4.00. The Morgan fingerprint density at radius 3 is 2.81 bits per heavy atom. The quantitative estimate of drug-likeness (QED) is 0.449. The molecule has 0 saturated carbocycles. The molecule has 9 heteroatoms. The van der Waals surface area contributed by atoms with Crippen molar-refractivity contribution >= 4 is 28.4 Å². The Labute approximate surface area is 149 Å². The molecule has 0 saturated heterocycles. The van der Waals surface area contributed by atoms with Crippen LogP contribution in [0.1, 0.15) is 5.56 Å².